The number of amides is 2. The van der Waals surface area contributed by atoms with Crippen LogP contribution in [0.3, 0.4) is 0 Å². The monoisotopic (exact) mass is 433 g/mol. The van der Waals surface area contributed by atoms with E-state index in [2.05, 4.69) is 58.7 Å². The van der Waals surface area contributed by atoms with Crippen molar-refractivity contribution in [2.45, 2.75) is 46.1 Å². The first kappa shape index (κ1) is 22.5. The van der Waals surface area contributed by atoms with Crippen LogP contribution < -0.4 is 5.32 Å². The number of nitrogens with one attached hydrogen (secondary N) is 1. The van der Waals surface area contributed by atoms with Crippen LogP contribution in [0.15, 0.2) is 48.5 Å². The number of piperazine rings is 1. The van der Waals surface area contributed by atoms with Crippen LogP contribution in [0.1, 0.15) is 55.5 Å². The number of fused-ring (bicyclic) bond motifs is 2. The fourth-order valence-electron chi connectivity index (χ4n) is 4.82. The van der Waals surface area contributed by atoms with Crippen molar-refractivity contribution < 1.29 is 9.59 Å². The Morgan fingerprint density at radius 1 is 0.875 bits per heavy atom. The van der Waals surface area contributed by atoms with E-state index in [0.717, 1.165) is 39.0 Å². The maximum atomic E-state index is 12.7. The molecule has 5 nitrogen and oxygen atoms in total. The molecule has 0 radical (unpaired) electrons. The first-order valence-corrected chi connectivity index (χ1v) is 11.8. The van der Waals surface area contributed by atoms with Crippen LogP contribution in [-0.2, 0) is 22.4 Å². The van der Waals surface area contributed by atoms with Gasteiger partial charge in [0.25, 0.3) is 0 Å². The summed E-state index contributed by atoms with van der Waals surface area (Å²) < 4.78 is 0. The molecule has 1 fully saturated rings. The zero-order valence-corrected chi connectivity index (χ0v) is 19.6. The third-order valence-electron chi connectivity index (χ3n) is 6.70. The Morgan fingerprint density at radius 2 is 1.41 bits per heavy atom. The molecular weight excluding hydrogens is 398 g/mol. The van der Waals surface area contributed by atoms with E-state index in [9.17, 15) is 9.59 Å². The number of hydrogen-bond donors (Lipinski definition) is 1. The lowest BCUT2D eigenvalue weighted by atomic mass is 9.92. The van der Waals surface area contributed by atoms with Gasteiger partial charge in [0.2, 0.25) is 11.8 Å². The molecule has 2 aromatic rings. The lowest BCUT2D eigenvalue weighted by molar-refractivity contribution is -0.133. The second-order valence-electron chi connectivity index (χ2n) is 9.97. The molecule has 0 aromatic heterocycles. The Kier molecular flexibility index (Phi) is 6.66. The van der Waals surface area contributed by atoms with Crippen LogP contribution in [0.2, 0.25) is 0 Å². The number of aryl methyl sites for hydroxylation is 2. The van der Waals surface area contributed by atoms with E-state index in [-0.39, 0.29) is 17.9 Å². The summed E-state index contributed by atoms with van der Waals surface area (Å²) in [4.78, 5) is 29.2. The average molecular weight is 434 g/mol. The van der Waals surface area contributed by atoms with Gasteiger partial charge >= 0.3 is 0 Å². The highest BCUT2D eigenvalue weighted by molar-refractivity contribution is 5.82. The van der Waals surface area contributed by atoms with Crippen LogP contribution in [0.25, 0.3) is 0 Å². The molecule has 2 amide bonds. The number of nitrogens with zero attached hydrogens (tertiary/aromatic N) is 2. The van der Waals surface area contributed by atoms with E-state index in [1.54, 1.807) is 0 Å². The van der Waals surface area contributed by atoms with Gasteiger partial charge in [0.15, 0.2) is 0 Å². The minimum atomic E-state index is -0.431. The van der Waals surface area contributed by atoms with E-state index < -0.39 is 5.41 Å². The zero-order chi connectivity index (χ0) is 22.7. The molecule has 1 aliphatic heterocycles. The molecule has 170 valence electrons. The summed E-state index contributed by atoms with van der Waals surface area (Å²) in [7, 11) is 0. The molecule has 2 aromatic carbocycles. The zero-order valence-electron chi connectivity index (χ0n) is 19.6. The summed E-state index contributed by atoms with van der Waals surface area (Å²) in [5.41, 5.74) is 5.24. The van der Waals surface area contributed by atoms with Crippen LogP contribution in [0.4, 0.5) is 0 Å². The smallest absolute Gasteiger partial charge is 0.225 e. The van der Waals surface area contributed by atoms with Crippen LogP contribution in [0.5, 0.6) is 0 Å². The van der Waals surface area contributed by atoms with Gasteiger partial charge < -0.3 is 10.2 Å². The van der Waals surface area contributed by atoms with Gasteiger partial charge in [-0.15, -0.1) is 0 Å². The summed E-state index contributed by atoms with van der Waals surface area (Å²) in [5, 5.41) is 2.89. The minimum absolute atomic E-state index is 0.0131. The molecule has 0 unspecified atom stereocenters. The number of hydrogen-bond acceptors (Lipinski definition) is 3. The molecule has 0 saturated carbocycles. The second kappa shape index (κ2) is 9.45. The molecule has 0 bridgehead atoms. The van der Waals surface area contributed by atoms with Crippen molar-refractivity contribution in [1.82, 2.24) is 15.1 Å². The summed E-state index contributed by atoms with van der Waals surface area (Å²) in [6.45, 7) is 9.21. The molecule has 4 rings (SSSR count). The summed E-state index contributed by atoms with van der Waals surface area (Å²) >= 11 is 0. The fraction of sp³-hybridized carbons (Fsp3) is 0.481. The molecule has 1 N–H and O–H groups in total. The predicted octanol–water partition coefficient (Wildman–Crippen LogP) is 3.57. The minimum Gasteiger partial charge on any atom is -0.355 e. The van der Waals surface area contributed by atoms with Crippen molar-refractivity contribution >= 4 is 11.8 Å². The van der Waals surface area contributed by atoms with Gasteiger partial charge in [-0.2, -0.15) is 0 Å². The highest BCUT2D eigenvalue weighted by Gasteiger charge is 2.31. The average Bonchev–Trinajstić information content (AvgIpc) is 2.95. The van der Waals surface area contributed by atoms with Gasteiger partial charge in [0, 0.05) is 44.6 Å². The lowest BCUT2D eigenvalue weighted by Gasteiger charge is -2.40. The van der Waals surface area contributed by atoms with Crippen LogP contribution >= 0.6 is 0 Å². The number of carbonyl (C=O) groups excluding carboxylic acids is 2. The van der Waals surface area contributed by atoms with Gasteiger partial charge in [-0.25, -0.2) is 0 Å². The molecule has 2 aliphatic rings. The summed E-state index contributed by atoms with van der Waals surface area (Å²) in [6, 6.07) is 17.9. The molecule has 1 aliphatic carbocycles. The van der Waals surface area contributed by atoms with Gasteiger partial charge in [-0.05, 0) is 35.1 Å². The molecular formula is C27H35N3O2. The Bertz CT molecular complexity index is 923. The molecule has 1 heterocycles. The van der Waals surface area contributed by atoms with Gasteiger partial charge in [-0.3, -0.25) is 14.5 Å². The van der Waals surface area contributed by atoms with E-state index in [4.69, 9.17) is 0 Å². The highest BCUT2D eigenvalue weighted by Crippen LogP contribution is 2.37. The molecule has 0 spiro atoms. The summed E-state index contributed by atoms with van der Waals surface area (Å²) in [6.07, 6.45) is 2.50. The predicted molar refractivity (Wildman–Crippen MR) is 127 cm³/mol. The fourth-order valence-corrected chi connectivity index (χ4v) is 4.82. The highest BCUT2D eigenvalue weighted by atomic mass is 16.2. The van der Waals surface area contributed by atoms with Crippen molar-refractivity contribution in [3.05, 3.63) is 70.8 Å². The third-order valence-corrected chi connectivity index (χ3v) is 6.70. The van der Waals surface area contributed by atoms with Crippen LogP contribution in [-0.4, -0.2) is 54.3 Å². The lowest BCUT2D eigenvalue weighted by Crippen LogP contribution is -2.50. The Labute approximate surface area is 191 Å². The molecule has 5 heteroatoms. The van der Waals surface area contributed by atoms with Gasteiger partial charge in [0.1, 0.15) is 0 Å². The molecule has 0 atom stereocenters. The normalized spacial score (nSPS) is 17.3. The van der Waals surface area contributed by atoms with E-state index in [1.807, 2.05) is 25.7 Å². The quantitative estimate of drug-likeness (QED) is 0.802. The van der Waals surface area contributed by atoms with Crippen molar-refractivity contribution in [2.24, 2.45) is 5.41 Å². The van der Waals surface area contributed by atoms with Crippen molar-refractivity contribution in [2.75, 3.05) is 32.7 Å². The maximum Gasteiger partial charge on any atom is 0.225 e. The Balaban J connectivity index is 1.41. The van der Waals surface area contributed by atoms with Crippen molar-refractivity contribution in [3.63, 3.8) is 0 Å². The standard InChI is InChI=1S/C27H35N3O2/c1-27(2,3)26(32)28-15-14-24(31)29-16-18-30(19-17-29)25-22-10-6-4-8-20(22)12-13-21-9-5-7-11-23(21)25/h4-11,25H,12-19H2,1-3H3,(H,28,32). The van der Waals surface area contributed by atoms with Gasteiger partial charge in [-0.1, -0.05) is 69.3 Å². The first-order chi connectivity index (χ1) is 15.3. The van der Waals surface area contributed by atoms with Crippen LogP contribution in [0, 0.1) is 5.41 Å². The van der Waals surface area contributed by atoms with Crippen molar-refractivity contribution in [1.29, 1.82) is 0 Å². The van der Waals surface area contributed by atoms with Crippen molar-refractivity contribution in [3.8, 4) is 0 Å². The Morgan fingerprint density at radius 3 is 1.94 bits per heavy atom. The van der Waals surface area contributed by atoms with E-state index in [0.29, 0.717) is 13.0 Å². The third kappa shape index (κ3) is 4.88. The number of carbonyl (C=O) groups is 2. The number of benzene rings is 2. The first-order valence-electron chi connectivity index (χ1n) is 11.8. The Hall–Kier alpha value is -2.66. The maximum absolute atomic E-state index is 12.7. The second-order valence-corrected chi connectivity index (χ2v) is 9.97. The summed E-state index contributed by atoms with van der Waals surface area (Å²) in [5.74, 6) is 0.112. The molecule has 32 heavy (non-hydrogen) atoms. The van der Waals surface area contributed by atoms with E-state index in [1.165, 1.54) is 22.3 Å². The number of rotatable bonds is 4. The SMILES string of the molecule is CC(C)(C)C(=O)NCCC(=O)N1CCN(C2c3ccccc3CCc3ccccc32)CC1. The largest absolute Gasteiger partial charge is 0.355 e. The van der Waals surface area contributed by atoms with Gasteiger partial charge in [0.05, 0.1) is 6.04 Å². The van der Waals surface area contributed by atoms with E-state index >= 15 is 0 Å². The topological polar surface area (TPSA) is 52.7 Å². The molecule has 1 saturated heterocycles.